The Kier molecular flexibility index (Phi) is 5.11. The molecule has 0 saturated carbocycles. The van der Waals surface area contributed by atoms with Crippen molar-refractivity contribution in [1.29, 1.82) is 0 Å². The van der Waals surface area contributed by atoms with E-state index >= 15 is 0 Å². The van der Waals surface area contributed by atoms with Gasteiger partial charge in [0.25, 0.3) is 5.91 Å². The maximum Gasteiger partial charge on any atom is 0.272 e. The molecule has 1 aromatic carbocycles. The van der Waals surface area contributed by atoms with Crippen molar-refractivity contribution in [1.82, 2.24) is 20.0 Å². The molecule has 2 fully saturated rings. The number of fused-ring (bicyclic) bond motifs is 3. The average Bonchev–Trinajstić information content (AvgIpc) is 3.09. The number of halogens is 1. The van der Waals surface area contributed by atoms with Gasteiger partial charge in [-0.25, -0.2) is 4.39 Å². The number of aromatic nitrogens is 2. The van der Waals surface area contributed by atoms with Crippen LogP contribution in [0, 0.1) is 5.82 Å². The molecule has 7 nitrogen and oxygen atoms in total. The molecular weight excluding hydrogens is 363 g/mol. The number of hydrogen-bond donors (Lipinski definition) is 3. The van der Waals surface area contributed by atoms with E-state index in [9.17, 15) is 19.4 Å². The summed E-state index contributed by atoms with van der Waals surface area (Å²) in [6, 6.07) is 4.95. The number of rotatable bonds is 5. The average molecular weight is 390 g/mol. The van der Waals surface area contributed by atoms with Crippen molar-refractivity contribution in [2.75, 3.05) is 6.54 Å². The first-order chi connectivity index (χ1) is 13.3. The Bertz CT molecular complexity index is 868. The number of aliphatic hydroxyl groups is 2. The van der Waals surface area contributed by atoms with Gasteiger partial charge in [-0.15, -0.1) is 0 Å². The van der Waals surface area contributed by atoms with Crippen molar-refractivity contribution in [2.45, 2.75) is 70.0 Å². The summed E-state index contributed by atoms with van der Waals surface area (Å²) in [6.07, 6.45) is 2.20. The summed E-state index contributed by atoms with van der Waals surface area (Å²) in [5.41, 5.74) is 0.997. The van der Waals surface area contributed by atoms with Gasteiger partial charge in [-0.2, -0.15) is 5.10 Å². The Morgan fingerprint density at radius 3 is 2.57 bits per heavy atom. The monoisotopic (exact) mass is 390 g/mol. The fraction of sp³-hybridized carbons (Fsp3) is 0.600. The molecule has 2 aliphatic rings. The number of aliphatic hydroxyl groups excluding tert-OH is 1. The lowest BCUT2D eigenvalue weighted by atomic mass is 9.97. The zero-order chi connectivity index (χ0) is 20.0. The fourth-order valence-corrected chi connectivity index (χ4v) is 4.81. The lowest BCUT2D eigenvalue weighted by molar-refractivity contribution is -0.0759. The highest BCUT2D eigenvalue weighted by Crippen LogP contribution is 2.36. The summed E-state index contributed by atoms with van der Waals surface area (Å²) in [6.45, 7) is 4.19. The van der Waals surface area contributed by atoms with Crippen molar-refractivity contribution in [2.24, 2.45) is 0 Å². The van der Waals surface area contributed by atoms with E-state index in [2.05, 4.69) is 15.3 Å². The van der Waals surface area contributed by atoms with Crippen molar-refractivity contribution in [3.05, 3.63) is 29.7 Å². The third-order valence-corrected chi connectivity index (χ3v) is 5.97. The molecule has 1 amide bonds. The van der Waals surface area contributed by atoms with Crippen LogP contribution in [0.3, 0.4) is 0 Å². The van der Waals surface area contributed by atoms with Gasteiger partial charge >= 0.3 is 0 Å². The second-order valence-corrected chi connectivity index (χ2v) is 8.25. The zero-order valence-electron chi connectivity index (χ0n) is 16.2. The van der Waals surface area contributed by atoms with Gasteiger partial charge in [0.2, 0.25) is 0 Å². The number of nitrogens with zero attached hydrogens (tertiary/aromatic N) is 3. The van der Waals surface area contributed by atoms with Crippen LogP contribution in [0.4, 0.5) is 4.39 Å². The van der Waals surface area contributed by atoms with E-state index in [0.717, 1.165) is 31.2 Å². The Balaban J connectivity index is 1.53. The van der Waals surface area contributed by atoms with E-state index in [1.807, 2.05) is 13.8 Å². The highest BCUT2D eigenvalue weighted by molar-refractivity contribution is 6.05. The minimum Gasteiger partial charge on any atom is -0.367 e. The third kappa shape index (κ3) is 3.52. The lowest BCUT2D eigenvalue weighted by Crippen LogP contribution is -2.52. The van der Waals surface area contributed by atoms with Crippen LogP contribution in [0.25, 0.3) is 10.9 Å². The zero-order valence-corrected chi connectivity index (χ0v) is 16.2. The van der Waals surface area contributed by atoms with Crippen LogP contribution < -0.4 is 5.32 Å². The number of carbonyl (C=O) groups excluding carboxylic acids is 1. The van der Waals surface area contributed by atoms with E-state index in [1.165, 1.54) is 12.1 Å². The highest BCUT2D eigenvalue weighted by atomic mass is 19.1. The SMILES string of the molecule is CC(C)n1nc(C(=O)N[C@@H]2C[C@H]3CC[C@@H](C2)N3CC(O)O)c2cc(F)ccc21. The van der Waals surface area contributed by atoms with Gasteiger partial charge in [0.05, 0.1) is 5.52 Å². The number of piperidine rings is 1. The van der Waals surface area contributed by atoms with Crippen LogP contribution in [-0.2, 0) is 0 Å². The number of nitrogens with one attached hydrogen (secondary N) is 1. The summed E-state index contributed by atoms with van der Waals surface area (Å²) in [4.78, 5) is 15.1. The Morgan fingerprint density at radius 1 is 1.29 bits per heavy atom. The topological polar surface area (TPSA) is 90.6 Å². The molecule has 2 aromatic rings. The molecule has 8 heteroatoms. The molecular formula is C20H27FN4O3. The van der Waals surface area contributed by atoms with Crippen molar-refractivity contribution >= 4 is 16.8 Å². The van der Waals surface area contributed by atoms with Crippen LogP contribution in [0.15, 0.2) is 18.2 Å². The van der Waals surface area contributed by atoms with E-state index in [1.54, 1.807) is 10.7 Å². The summed E-state index contributed by atoms with van der Waals surface area (Å²) >= 11 is 0. The first-order valence-electron chi connectivity index (χ1n) is 9.94. The quantitative estimate of drug-likeness (QED) is 0.677. The first kappa shape index (κ1) is 19.3. The van der Waals surface area contributed by atoms with Crippen LogP contribution >= 0.6 is 0 Å². The minimum atomic E-state index is -1.34. The lowest BCUT2D eigenvalue weighted by Gasteiger charge is -2.39. The first-order valence-corrected chi connectivity index (χ1v) is 9.94. The van der Waals surface area contributed by atoms with E-state index in [4.69, 9.17) is 0 Å². The molecule has 1 aromatic heterocycles. The van der Waals surface area contributed by atoms with Gasteiger partial charge < -0.3 is 15.5 Å². The van der Waals surface area contributed by atoms with Gasteiger partial charge in [0.15, 0.2) is 12.0 Å². The van der Waals surface area contributed by atoms with E-state index in [0.29, 0.717) is 5.39 Å². The summed E-state index contributed by atoms with van der Waals surface area (Å²) < 4.78 is 15.5. The molecule has 0 aliphatic carbocycles. The van der Waals surface area contributed by atoms with Crippen molar-refractivity contribution in [3.8, 4) is 0 Å². The van der Waals surface area contributed by atoms with Crippen molar-refractivity contribution < 1.29 is 19.4 Å². The Morgan fingerprint density at radius 2 is 1.96 bits per heavy atom. The maximum atomic E-state index is 13.8. The third-order valence-electron chi connectivity index (χ3n) is 5.97. The molecule has 4 rings (SSSR count). The van der Waals surface area contributed by atoms with Crippen LogP contribution in [-0.4, -0.2) is 61.8 Å². The van der Waals surface area contributed by atoms with Gasteiger partial charge in [0, 0.05) is 36.1 Å². The largest absolute Gasteiger partial charge is 0.367 e. The molecule has 2 saturated heterocycles. The Labute approximate surface area is 163 Å². The Hall–Kier alpha value is -2.03. The number of hydrogen-bond acceptors (Lipinski definition) is 5. The molecule has 0 spiro atoms. The van der Waals surface area contributed by atoms with Gasteiger partial charge in [-0.3, -0.25) is 14.4 Å². The van der Waals surface area contributed by atoms with E-state index in [-0.39, 0.29) is 42.3 Å². The number of benzene rings is 1. The van der Waals surface area contributed by atoms with Gasteiger partial charge in [-0.05, 0) is 57.7 Å². The molecule has 0 unspecified atom stereocenters. The normalized spacial score (nSPS) is 25.2. The van der Waals surface area contributed by atoms with Crippen LogP contribution in [0.5, 0.6) is 0 Å². The summed E-state index contributed by atoms with van der Waals surface area (Å²) in [5, 5.41) is 26.7. The summed E-state index contributed by atoms with van der Waals surface area (Å²) in [7, 11) is 0. The molecule has 2 bridgehead atoms. The van der Waals surface area contributed by atoms with Gasteiger partial charge in [-0.1, -0.05) is 0 Å². The number of amides is 1. The van der Waals surface area contributed by atoms with E-state index < -0.39 is 12.1 Å². The smallest absolute Gasteiger partial charge is 0.272 e. The number of carbonyl (C=O) groups is 1. The minimum absolute atomic E-state index is 0.00453. The fourth-order valence-electron chi connectivity index (χ4n) is 4.81. The molecule has 2 aliphatic heterocycles. The van der Waals surface area contributed by atoms with Crippen LogP contribution in [0.2, 0.25) is 0 Å². The second kappa shape index (κ2) is 7.42. The molecule has 0 radical (unpaired) electrons. The molecule has 3 heterocycles. The predicted octanol–water partition coefficient (Wildman–Crippen LogP) is 1.79. The standard InChI is InChI=1S/C20H27FN4O3/c1-11(2)25-17-6-3-12(21)7-16(17)19(23-25)20(28)22-13-8-14-4-5-15(9-13)24(14)10-18(26)27/h3,6-7,11,13-15,18,26-27H,4-5,8-10H2,1-2H3,(H,22,28)/t13-,14-,15+. The van der Waals surface area contributed by atoms with Crippen LogP contribution in [0.1, 0.15) is 56.1 Å². The van der Waals surface area contributed by atoms with Gasteiger partial charge in [0.1, 0.15) is 5.82 Å². The molecule has 3 atom stereocenters. The maximum absolute atomic E-state index is 13.8. The summed E-state index contributed by atoms with van der Waals surface area (Å²) in [5.74, 6) is -0.672. The molecule has 3 N–H and O–H groups in total. The molecule has 152 valence electrons. The predicted molar refractivity (Wildman–Crippen MR) is 102 cm³/mol. The second-order valence-electron chi connectivity index (χ2n) is 8.25. The highest BCUT2D eigenvalue weighted by Gasteiger charge is 2.41. The van der Waals surface area contributed by atoms with Crippen molar-refractivity contribution in [3.63, 3.8) is 0 Å². The molecule has 28 heavy (non-hydrogen) atoms.